The van der Waals surface area contributed by atoms with Crippen molar-refractivity contribution in [2.45, 2.75) is 0 Å². The second-order valence-electron chi connectivity index (χ2n) is 2.45. The largest absolute Gasteiger partial charge is 0.445 e. The Hall–Kier alpha value is -1.84. The van der Waals surface area contributed by atoms with Crippen LogP contribution in [0.2, 0.25) is 0 Å². The number of amides is 1. The van der Waals surface area contributed by atoms with Gasteiger partial charge in [0.15, 0.2) is 0 Å². The molecule has 0 aromatic heterocycles. The molecule has 1 N–H and O–H groups in total. The number of ether oxygens (including phenoxy) is 1. The maximum Gasteiger partial charge on any atom is 0.411 e. The van der Waals surface area contributed by atoms with Crippen LogP contribution in [0.3, 0.4) is 0 Å². The summed E-state index contributed by atoms with van der Waals surface area (Å²) in [6.07, 6.45) is 0.793. The van der Waals surface area contributed by atoms with E-state index in [2.05, 4.69) is 22.7 Å². The summed E-state index contributed by atoms with van der Waals surface area (Å²) in [5.74, 6) is -0.466. The Bertz CT molecular complexity index is 339. The molecule has 0 spiro atoms. The lowest BCUT2D eigenvalue weighted by atomic mass is 10.3. The van der Waals surface area contributed by atoms with Crippen molar-refractivity contribution in [3.63, 3.8) is 0 Å². The fourth-order valence-corrected chi connectivity index (χ4v) is 0.804. The third kappa shape index (κ3) is 3.26. The highest BCUT2D eigenvalue weighted by Crippen LogP contribution is 2.08. The summed E-state index contributed by atoms with van der Waals surface area (Å²) in [7, 11) is 0. The summed E-state index contributed by atoms with van der Waals surface area (Å²) in [5.41, 5.74) is 0.305. The van der Waals surface area contributed by atoms with Crippen molar-refractivity contribution < 1.29 is 13.9 Å². The first-order valence-electron chi connectivity index (χ1n) is 3.93. The van der Waals surface area contributed by atoms with E-state index in [0.29, 0.717) is 5.69 Å². The Morgan fingerprint density at radius 1 is 1.71 bits per heavy atom. The molecule has 0 aliphatic heterocycles. The Labute approximate surface area is 81.2 Å². The second-order valence-corrected chi connectivity index (χ2v) is 2.45. The van der Waals surface area contributed by atoms with E-state index in [-0.39, 0.29) is 6.61 Å². The van der Waals surface area contributed by atoms with Crippen molar-refractivity contribution in [2.24, 2.45) is 0 Å². The van der Waals surface area contributed by atoms with E-state index in [1.54, 1.807) is 0 Å². The van der Waals surface area contributed by atoms with E-state index in [9.17, 15) is 9.18 Å². The summed E-state index contributed by atoms with van der Waals surface area (Å²) >= 11 is 0. The van der Waals surface area contributed by atoms with E-state index < -0.39 is 11.9 Å². The average Bonchev–Trinajstić information content (AvgIpc) is 2.15. The first-order chi connectivity index (χ1) is 6.72. The minimum atomic E-state index is -0.649. The number of carbonyl (C=O) groups is 1. The molecule has 1 aromatic carbocycles. The molecular weight excluding hydrogens is 185 g/mol. The summed E-state index contributed by atoms with van der Waals surface area (Å²) < 4.78 is 17.3. The monoisotopic (exact) mass is 194 g/mol. The standard InChI is InChI=1S/C10H9FNO2/c1-2-6-14-10(13)12-9-5-3-4-8(11)7-9/h2,4-5,7H,1,6H2,(H,12,13). The van der Waals surface area contributed by atoms with Crippen molar-refractivity contribution in [3.05, 3.63) is 42.7 Å². The molecule has 1 radical (unpaired) electrons. The van der Waals surface area contributed by atoms with E-state index >= 15 is 0 Å². The van der Waals surface area contributed by atoms with Gasteiger partial charge in [0.25, 0.3) is 0 Å². The van der Waals surface area contributed by atoms with Crippen LogP contribution in [0.15, 0.2) is 30.9 Å². The SMILES string of the molecule is C=CCOC(=O)Nc1c[c]cc(F)c1. The van der Waals surface area contributed by atoms with Gasteiger partial charge in [-0.25, -0.2) is 9.18 Å². The predicted molar refractivity (Wildman–Crippen MR) is 50.4 cm³/mol. The minimum absolute atomic E-state index is 0.116. The summed E-state index contributed by atoms with van der Waals surface area (Å²) in [4.78, 5) is 11.0. The smallest absolute Gasteiger partial charge is 0.411 e. The number of hydrogen-bond acceptors (Lipinski definition) is 2. The van der Waals surface area contributed by atoms with E-state index in [0.717, 1.165) is 0 Å². The maximum atomic E-state index is 12.6. The number of rotatable bonds is 3. The van der Waals surface area contributed by atoms with Crippen LogP contribution in [-0.2, 0) is 4.74 Å². The van der Waals surface area contributed by atoms with Crippen LogP contribution in [0.1, 0.15) is 0 Å². The molecule has 4 heteroatoms. The molecule has 0 atom stereocenters. The molecule has 1 aromatic rings. The highest BCUT2D eigenvalue weighted by molar-refractivity contribution is 5.84. The average molecular weight is 194 g/mol. The zero-order valence-electron chi connectivity index (χ0n) is 7.42. The van der Waals surface area contributed by atoms with Gasteiger partial charge in [-0.1, -0.05) is 12.7 Å². The Morgan fingerprint density at radius 3 is 3.14 bits per heavy atom. The molecule has 0 unspecified atom stereocenters. The zero-order valence-corrected chi connectivity index (χ0v) is 7.42. The Morgan fingerprint density at radius 2 is 2.50 bits per heavy atom. The highest BCUT2D eigenvalue weighted by atomic mass is 19.1. The fraction of sp³-hybridized carbons (Fsp3) is 0.100. The zero-order chi connectivity index (χ0) is 10.4. The molecule has 14 heavy (non-hydrogen) atoms. The molecule has 0 saturated heterocycles. The number of nitrogens with one attached hydrogen (secondary N) is 1. The van der Waals surface area contributed by atoms with Crippen molar-refractivity contribution in [1.29, 1.82) is 0 Å². The normalized spacial score (nSPS) is 9.21. The lowest BCUT2D eigenvalue weighted by molar-refractivity contribution is 0.174. The lowest BCUT2D eigenvalue weighted by Crippen LogP contribution is -2.13. The van der Waals surface area contributed by atoms with Crippen LogP contribution in [0.5, 0.6) is 0 Å². The van der Waals surface area contributed by atoms with Crippen LogP contribution in [0, 0.1) is 11.9 Å². The highest BCUT2D eigenvalue weighted by Gasteiger charge is 2.01. The summed E-state index contributed by atoms with van der Waals surface area (Å²) in [6.45, 7) is 3.50. The molecule has 0 aliphatic rings. The van der Waals surface area contributed by atoms with Crippen LogP contribution in [-0.4, -0.2) is 12.7 Å². The van der Waals surface area contributed by atoms with Gasteiger partial charge in [0, 0.05) is 5.69 Å². The van der Waals surface area contributed by atoms with Gasteiger partial charge < -0.3 is 4.74 Å². The number of halogens is 1. The van der Waals surface area contributed by atoms with E-state index in [4.69, 9.17) is 0 Å². The van der Waals surface area contributed by atoms with E-state index in [1.165, 1.54) is 24.3 Å². The van der Waals surface area contributed by atoms with Crippen molar-refractivity contribution in [2.75, 3.05) is 11.9 Å². The number of hydrogen-bond donors (Lipinski definition) is 1. The van der Waals surface area contributed by atoms with Gasteiger partial charge in [-0.2, -0.15) is 0 Å². The van der Waals surface area contributed by atoms with Gasteiger partial charge >= 0.3 is 6.09 Å². The van der Waals surface area contributed by atoms with Crippen LogP contribution < -0.4 is 5.32 Å². The predicted octanol–water partition coefficient (Wildman–Crippen LogP) is 2.36. The molecule has 0 fully saturated rings. The van der Waals surface area contributed by atoms with Gasteiger partial charge in [0.1, 0.15) is 12.4 Å². The molecular formula is C10H9FNO2. The quantitative estimate of drug-likeness (QED) is 0.750. The molecule has 73 valence electrons. The van der Waals surface area contributed by atoms with Gasteiger partial charge in [0.05, 0.1) is 0 Å². The molecule has 0 saturated carbocycles. The summed E-state index contributed by atoms with van der Waals surface area (Å²) in [5, 5.41) is 2.34. The number of anilines is 1. The molecule has 0 heterocycles. The van der Waals surface area contributed by atoms with Crippen molar-refractivity contribution in [3.8, 4) is 0 Å². The van der Waals surface area contributed by atoms with Gasteiger partial charge in [-0.05, 0) is 24.3 Å². The van der Waals surface area contributed by atoms with Gasteiger partial charge in [0.2, 0.25) is 0 Å². The Balaban J connectivity index is 2.51. The first-order valence-corrected chi connectivity index (χ1v) is 3.93. The topological polar surface area (TPSA) is 38.3 Å². The second kappa shape index (κ2) is 5.01. The minimum Gasteiger partial charge on any atom is -0.445 e. The first kappa shape index (κ1) is 10.2. The fourth-order valence-electron chi connectivity index (χ4n) is 0.804. The number of carbonyl (C=O) groups excluding carboxylic acids is 1. The van der Waals surface area contributed by atoms with Gasteiger partial charge in [-0.3, -0.25) is 5.32 Å². The van der Waals surface area contributed by atoms with Crippen LogP contribution in [0.25, 0.3) is 0 Å². The maximum absolute atomic E-state index is 12.6. The van der Waals surface area contributed by atoms with Gasteiger partial charge in [-0.15, -0.1) is 0 Å². The number of benzene rings is 1. The summed E-state index contributed by atoms with van der Waals surface area (Å²) in [6, 6.07) is 6.31. The molecule has 0 aliphatic carbocycles. The molecule has 0 bridgehead atoms. The van der Waals surface area contributed by atoms with Crippen molar-refractivity contribution in [1.82, 2.24) is 0 Å². The molecule has 1 rings (SSSR count). The lowest BCUT2D eigenvalue weighted by Gasteiger charge is -2.04. The van der Waals surface area contributed by atoms with Crippen LogP contribution in [0.4, 0.5) is 14.9 Å². The molecule has 1 amide bonds. The Kier molecular flexibility index (Phi) is 3.67. The third-order valence-electron chi connectivity index (χ3n) is 1.33. The van der Waals surface area contributed by atoms with Crippen molar-refractivity contribution >= 4 is 11.8 Å². The van der Waals surface area contributed by atoms with Crippen LogP contribution >= 0.6 is 0 Å². The third-order valence-corrected chi connectivity index (χ3v) is 1.33. The molecule has 3 nitrogen and oxygen atoms in total. The van der Waals surface area contributed by atoms with E-state index in [1.807, 2.05) is 0 Å².